The molecule has 0 saturated carbocycles. The molecule has 2 aromatic carbocycles. The summed E-state index contributed by atoms with van der Waals surface area (Å²) in [5, 5.41) is 0.802. The first-order valence-electron chi connectivity index (χ1n) is 8.72. The number of nitrogens with zero attached hydrogens (tertiary/aromatic N) is 3. The summed E-state index contributed by atoms with van der Waals surface area (Å²) in [5.74, 6) is 0.220. The molecule has 0 fully saturated rings. The van der Waals surface area contributed by atoms with E-state index in [1.165, 1.54) is 23.9 Å². The molecule has 0 bridgehead atoms. The van der Waals surface area contributed by atoms with E-state index in [2.05, 4.69) is 4.57 Å². The first-order valence-corrected chi connectivity index (χ1v) is 9.71. The van der Waals surface area contributed by atoms with Gasteiger partial charge in [0, 0.05) is 13.1 Å². The highest BCUT2D eigenvalue weighted by molar-refractivity contribution is 7.99. The molecule has 0 aliphatic rings. The molecular formula is C20H22FN3OS. The van der Waals surface area contributed by atoms with Gasteiger partial charge in [-0.25, -0.2) is 9.37 Å². The van der Waals surface area contributed by atoms with Crippen LogP contribution in [0.15, 0.2) is 53.7 Å². The number of thioether (sulfide) groups is 1. The maximum atomic E-state index is 13.2. The van der Waals surface area contributed by atoms with Crippen molar-refractivity contribution in [1.29, 1.82) is 0 Å². The molecule has 0 atom stereocenters. The smallest absolute Gasteiger partial charge is 0.233 e. The van der Waals surface area contributed by atoms with E-state index in [9.17, 15) is 9.18 Å². The van der Waals surface area contributed by atoms with Gasteiger partial charge in [0.2, 0.25) is 5.91 Å². The van der Waals surface area contributed by atoms with E-state index in [-0.39, 0.29) is 11.7 Å². The summed E-state index contributed by atoms with van der Waals surface area (Å²) in [6, 6.07) is 14.4. The molecule has 3 aromatic rings. The molecule has 0 saturated heterocycles. The second kappa shape index (κ2) is 8.36. The van der Waals surface area contributed by atoms with Crippen LogP contribution in [0.5, 0.6) is 0 Å². The van der Waals surface area contributed by atoms with Crippen LogP contribution in [0.4, 0.5) is 4.39 Å². The average molecular weight is 371 g/mol. The van der Waals surface area contributed by atoms with Crippen molar-refractivity contribution in [3.05, 3.63) is 59.9 Å². The Hall–Kier alpha value is -2.34. The molecular weight excluding hydrogens is 349 g/mol. The van der Waals surface area contributed by atoms with E-state index in [1.54, 1.807) is 12.1 Å². The zero-order valence-electron chi connectivity index (χ0n) is 15.0. The van der Waals surface area contributed by atoms with E-state index < -0.39 is 0 Å². The summed E-state index contributed by atoms with van der Waals surface area (Å²) in [4.78, 5) is 18.8. The molecule has 4 nitrogen and oxygen atoms in total. The van der Waals surface area contributed by atoms with E-state index in [0.717, 1.165) is 21.8 Å². The molecule has 136 valence electrons. The van der Waals surface area contributed by atoms with Gasteiger partial charge in [0.05, 0.1) is 23.3 Å². The lowest BCUT2D eigenvalue weighted by molar-refractivity contribution is -0.127. The molecule has 0 unspecified atom stereocenters. The van der Waals surface area contributed by atoms with Crippen LogP contribution in [0.2, 0.25) is 0 Å². The van der Waals surface area contributed by atoms with Crippen LogP contribution in [0.1, 0.15) is 19.4 Å². The van der Waals surface area contributed by atoms with Crippen LogP contribution in [-0.2, 0) is 11.3 Å². The van der Waals surface area contributed by atoms with E-state index in [0.29, 0.717) is 25.4 Å². The van der Waals surface area contributed by atoms with Gasteiger partial charge >= 0.3 is 0 Å². The van der Waals surface area contributed by atoms with Gasteiger partial charge in [0.1, 0.15) is 5.82 Å². The van der Waals surface area contributed by atoms with Gasteiger partial charge in [-0.1, -0.05) is 36.0 Å². The number of para-hydroxylation sites is 2. The first-order chi connectivity index (χ1) is 12.6. The number of halogens is 1. The van der Waals surface area contributed by atoms with Crippen LogP contribution >= 0.6 is 11.8 Å². The van der Waals surface area contributed by atoms with Crippen molar-refractivity contribution in [3.63, 3.8) is 0 Å². The van der Waals surface area contributed by atoms with Crippen LogP contribution in [0.3, 0.4) is 0 Å². The summed E-state index contributed by atoms with van der Waals surface area (Å²) in [5.41, 5.74) is 2.90. The Morgan fingerprint density at radius 3 is 2.50 bits per heavy atom. The van der Waals surface area contributed by atoms with Crippen molar-refractivity contribution >= 4 is 28.7 Å². The molecule has 0 aliphatic carbocycles. The molecule has 1 aromatic heterocycles. The molecule has 6 heteroatoms. The fourth-order valence-corrected chi connectivity index (χ4v) is 3.80. The predicted octanol–water partition coefficient (Wildman–Crippen LogP) is 4.18. The summed E-state index contributed by atoms with van der Waals surface area (Å²) in [6.45, 7) is 5.97. The molecule has 0 N–H and O–H groups in total. The van der Waals surface area contributed by atoms with Crippen molar-refractivity contribution in [2.75, 3.05) is 18.8 Å². The van der Waals surface area contributed by atoms with Crippen LogP contribution in [-0.4, -0.2) is 39.2 Å². The molecule has 0 spiro atoms. The second-order valence-electron chi connectivity index (χ2n) is 5.95. The van der Waals surface area contributed by atoms with Crippen molar-refractivity contribution in [2.24, 2.45) is 0 Å². The number of amides is 1. The highest BCUT2D eigenvalue weighted by atomic mass is 32.2. The number of imidazole rings is 1. The van der Waals surface area contributed by atoms with Crippen molar-refractivity contribution < 1.29 is 9.18 Å². The number of hydrogen-bond donors (Lipinski definition) is 0. The Labute approximate surface area is 157 Å². The lowest BCUT2D eigenvalue weighted by Crippen LogP contribution is -2.31. The Morgan fingerprint density at radius 1 is 1.12 bits per heavy atom. The topological polar surface area (TPSA) is 38.1 Å². The third kappa shape index (κ3) is 4.07. The van der Waals surface area contributed by atoms with Gasteiger partial charge in [0.15, 0.2) is 5.16 Å². The standard InChI is InChI=1S/C20H22FN3OS/c1-3-23(4-2)19(25)14-26-20-22-17-7-5-6-8-18(17)24(20)13-15-9-11-16(21)12-10-15/h5-12H,3-4,13-14H2,1-2H3. The number of aromatic nitrogens is 2. The van der Waals surface area contributed by atoms with Crippen LogP contribution in [0, 0.1) is 5.82 Å². The highest BCUT2D eigenvalue weighted by Gasteiger charge is 2.15. The normalized spacial score (nSPS) is 11.0. The number of hydrogen-bond acceptors (Lipinski definition) is 3. The van der Waals surface area contributed by atoms with Gasteiger partial charge in [-0.15, -0.1) is 0 Å². The third-order valence-electron chi connectivity index (χ3n) is 4.31. The number of carbonyl (C=O) groups is 1. The average Bonchev–Trinajstić information content (AvgIpc) is 3.00. The molecule has 26 heavy (non-hydrogen) atoms. The zero-order valence-corrected chi connectivity index (χ0v) is 15.8. The number of fused-ring (bicyclic) bond motifs is 1. The van der Waals surface area contributed by atoms with Crippen molar-refractivity contribution in [3.8, 4) is 0 Å². The zero-order chi connectivity index (χ0) is 18.5. The van der Waals surface area contributed by atoms with Gasteiger partial charge in [0.25, 0.3) is 0 Å². The van der Waals surface area contributed by atoms with E-state index >= 15 is 0 Å². The van der Waals surface area contributed by atoms with Gasteiger partial charge < -0.3 is 9.47 Å². The van der Waals surface area contributed by atoms with Gasteiger partial charge in [-0.2, -0.15) is 0 Å². The first kappa shape index (κ1) is 18.5. The monoisotopic (exact) mass is 371 g/mol. The minimum atomic E-state index is -0.247. The fraction of sp³-hybridized carbons (Fsp3) is 0.300. The SMILES string of the molecule is CCN(CC)C(=O)CSc1nc2ccccc2n1Cc1ccc(F)cc1. The second-order valence-corrected chi connectivity index (χ2v) is 6.89. The fourth-order valence-electron chi connectivity index (χ4n) is 2.88. The van der Waals surface area contributed by atoms with E-state index in [4.69, 9.17) is 4.98 Å². The van der Waals surface area contributed by atoms with Gasteiger partial charge in [-0.05, 0) is 43.7 Å². The Balaban J connectivity index is 1.87. The van der Waals surface area contributed by atoms with Crippen LogP contribution in [0.25, 0.3) is 11.0 Å². The van der Waals surface area contributed by atoms with Crippen LogP contribution < -0.4 is 0 Å². The number of benzene rings is 2. The Bertz CT molecular complexity index is 888. The Morgan fingerprint density at radius 2 is 1.81 bits per heavy atom. The lowest BCUT2D eigenvalue weighted by atomic mass is 10.2. The molecule has 0 radical (unpaired) electrons. The largest absolute Gasteiger partial charge is 0.343 e. The predicted molar refractivity (Wildman–Crippen MR) is 104 cm³/mol. The maximum absolute atomic E-state index is 13.2. The number of carbonyl (C=O) groups excluding carboxylic acids is 1. The number of rotatable bonds is 7. The van der Waals surface area contributed by atoms with Crippen molar-refractivity contribution in [1.82, 2.24) is 14.5 Å². The minimum Gasteiger partial charge on any atom is -0.343 e. The molecule has 3 rings (SSSR count). The summed E-state index contributed by atoms with van der Waals surface area (Å²) >= 11 is 1.45. The molecule has 1 heterocycles. The third-order valence-corrected chi connectivity index (χ3v) is 5.28. The van der Waals surface area contributed by atoms with Gasteiger partial charge in [-0.3, -0.25) is 4.79 Å². The van der Waals surface area contributed by atoms with Crippen molar-refractivity contribution in [2.45, 2.75) is 25.5 Å². The lowest BCUT2D eigenvalue weighted by Gasteiger charge is -2.18. The molecule has 0 aliphatic heterocycles. The highest BCUT2D eigenvalue weighted by Crippen LogP contribution is 2.25. The quantitative estimate of drug-likeness (QED) is 0.585. The summed E-state index contributed by atoms with van der Waals surface area (Å²) in [6.07, 6.45) is 0. The van der Waals surface area contributed by atoms with E-state index in [1.807, 2.05) is 43.0 Å². The summed E-state index contributed by atoms with van der Waals surface area (Å²) < 4.78 is 15.3. The Kier molecular flexibility index (Phi) is 5.93. The summed E-state index contributed by atoms with van der Waals surface area (Å²) in [7, 11) is 0. The maximum Gasteiger partial charge on any atom is 0.233 e. The minimum absolute atomic E-state index is 0.111. The molecule has 1 amide bonds.